The molecular weight excluding hydrogens is 330 g/mol. The molecular formula is C20H15N3OS. The zero-order chi connectivity index (χ0) is 17.2. The van der Waals surface area contributed by atoms with E-state index in [2.05, 4.69) is 28.5 Å². The fourth-order valence-corrected chi connectivity index (χ4v) is 3.81. The Balaban J connectivity index is 1.53. The molecule has 1 amide bonds. The number of benzene rings is 2. The van der Waals surface area contributed by atoms with Gasteiger partial charge in [0.25, 0.3) is 5.91 Å². The number of anilines is 1. The highest BCUT2D eigenvalue weighted by Gasteiger charge is 2.14. The first-order chi connectivity index (χ1) is 12.2. The molecule has 0 unspecified atom stereocenters. The summed E-state index contributed by atoms with van der Waals surface area (Å²) in [6.07, 6.45) is 3.51. The van der Waals surface area contributed by atoms with E-state index >= 15 is 0 Å². The molecule has 0 radical (unpaired) electrons. The molecule has 0 saturated carbocycles. The Labute approximate surface area is 149 Å². The number of fused-ring (bicyclic) bond motifs is 1. The lowest BCUT2D eigenvalue weighted by Gasteiger charge is -2.03. The van der Waals surface area contributed by atoms with Crippen LogP contribution in [-0.4, -0.2) is 10.9 Å². The molecule has 4 rings (SSSR count). The number of carbonyl (C=O) groups is 1. The van der Waals surface area contributed by atoms with E-state index in [9.17, 15) is 4.79 Å². The second kappa shape index (κ2) is 6.50. The van der Waals surface area contributed by atoms with Gasteiger partial charge in [0.1, 0.15) is 0 Å². The second-order valence-electron chi connectivity index (χ2n) is 6.02. The standard InChI is InChI=1S/C20H15N3OS/c21-11-13-3-1-6-17(9-13)19(24)23-20-22-18(12-25-20)16-8-7-14-4-2-5-15(14)10-16/h1,3,6-10,12H,2,4-5H2,(H,22,23,24). The summed E-state index contributed by atoms with van der Waals surface area (Å²) in [5.41, 5.74) is 5.72. The lowest BCUT2D eigenvalue weighted by atomic mass is 10.1. The van der Waals surface area contributed by atoms with Crippen LogP contribution in [0.3, 0.4) is 0 Å². The first-order valence-corrected chi connectivity index (χ1v) is 9.00. The van der Waals surface area contributed by atoms with Gasteiger partial charge in [-0.15, -0.1) is 11.3 Å². The van der Waals surface area contributed by atoms with Gasteiger partial charge in [0.05, 0.1) is 17.3 Å². The van der Waals surface area contributed by atoms with Gasteiger partial charge in [0.2, 0.25) is 0 Å². The molecule has 5 heteroatoms. The first-order valence-electron chi connectivity index (χ1n) is 8.12. The fourth-order valence-electron chi connectivity index (χ4n) is 3.09. The number of rotatable bonds is 3. The van der Waals surface area contributed by atoms with Crippen molar-refractivity contribution in [2.24, 2.45) is 0 Å². The number of carbonyl (C=O) groups excluding carboxylic acids is 1. The zero-order valence-corrected chi connectivity index (χ0v) is 14.3. The monoisotopic (exact) mass is 345 g/mol. The summed E-state index contributed by atoms with van der Waals surface area (Å²) in [5.74, 6) is -0.257. The van der Waals surface area contributed by atoms with E-state index < -0.39 is 0 Å². The molecule has 25 heavy (non-hydrogen) atoms. The van der Waals surface area contributed by atoms with Crippen LogP contribution in [-0.2, 0) is 12.8 Å². The largest absolute Gasteiger partial charge is 0.298 e. The van der Waals surface area contributed by atoms with Gasteiger partial charge < -0.3 is 0 Å². The Hall–Kier alpha value is -2.97. The molecule has 0 atom stereocenters. The molecule has 1 aromatic heterocycles. The lowest BCUT2D eigenvalue weighted by Crippen LogP contribution is -2.11. The lowest BCUT2D eigenvalue weighted by molar-refractivity contribution is 0.102. The summed E-state index contributed by atoms with van der Waals surface area (Å²) in [7, 11) is 0. The minimum absolute atomic E-state index is 0.257. The number of nitrogens with one attached hydrogen (secondary N) is 1. The van der Waals surface area contributed by atoms with E-state index in [0.29, 0.717) is 16.3 Å². The van der Waals surface area contributed by atoms with E-state index in [4.69, 9.17) is 5.26 Å². The maximum atomic E-state index is 12.3. The highest BCUT2D eigenvalue weighted by atomic mass is 32.1. The van der Waals surface area contributed by atoms with Gasteiger partial charge in [-0.05, 0) is 54.7 Å². The topological polar surface area (TPSA) is 65.8 Å². The third-order valence-electron chi connectivity index (χ3n) is 4.37. The van der Waals surface area contributed by atoms with Crippen LogP contribution in [0.2, 0.25) is 0 Å². The number of thiazole rings is 1. The molecule has 4 nitrogen and oxygen atoms in total. The molecule has 1 heterocycles. The molecule has 0 aliphatic heterocycles. The van der Waals surface area contributed by atoms with Crippen molar-refractivity contribution in [2.45, 2.75) is 19.3 Å². The van der Waals surface area contributed by atoms with Gasteiger partial charge in [-0.3, -0.25) is 10.1 Å². The van der Waals surface area contributed by atoms with E-state index in [1.54, 1.807) is 24.3 Å². The highest BCUT2D eigenvalue weighted by Crippen LogP contribution is 2.30. The van der Waals surface area contributed by atoms with Gasteiger partial charge in [0.15, 0.2) is 5.13 Å². The van der Waals surface area contributed by atoms with Crippen molar-refractivity contribution in [3.63, 3.8) is 0 Å². The Bertz CT molecular complexity index is 1000. The van der Waals surface area contributed by atoms with Crippen LogP contribution in [0.4, 0.5) is 5.13 Å². The zero-order valence-electron chi connectivity index (χ0n) is 13.5. The molecule has 0 fully saturated rings. The minimum atomic E-state index is -0.257. The Morgan fingerprint density at radius 3 is 2.92 bits per heavy atom. The quantitative estimate of drug-likeness (QED) is 0.764. The Morgan fingerprint density at radius 1 is 1.16 bits per heavy atom. The summed E-state index contributed by atoms with van der Waals surface area (Å²) in [6.45, 7) is 0. The van der Waals surface area contributed by atoms with Crippen molar-refractivity contribution in [1.29, 1.82) is 5.26 Å². The predicted molar refractivity (Wildman–Crippen MR) is 98.7 cm³/mol. The number of amides is 1. The SMILES string of the molecule is N#Cc1cccc(C(=O)Nc2nc(-c3ccc4c(c3)CCC4)cs2)c1. The number of nitriles is 1. The van der Waals surface area contributed by atoms with Crippen LogP contribution in [0.25, 0.3) is 11.3 Å². The average Bonchev–Trinajstić information content (AvgIpc) is 3.30. The van der Waals surface area contributed by atoms with E-state index in [1.807, 2.05) is 11.4 Å². The van der Waals surface area contributed by atoms with Crippen LogP contribution in [0.15, 0.2) is 47.8 Å². The van der Waals surface area contributed by atoms with Crippen molar-refractivity contribution in [3.8, 4) is 17.3 Å². The number of hydrogen-bond donors (Lipinski definition) is 1. The molecule has 0 spiro atoms. The van der Waals surface area contributed by atoms with Crippen LogP contribution < -0.4 is 5.32 Å². The van der Waals surface area contributed by atoms with Crippen molar-refractivity contribution in [1.82, 2.24) is 4.98 Å². The molecule has 122 valence electrons. The molecule has 1 aliphatic carbocycles. The third kappa shape index (κ3) is 3.17. The first kappa shape index (κ1) is 15.6. The summed E-state index contributed by atoms with van der Waals surface area (Å²) < 4.78 is 0. The van der Waals surface area contributed by atoms with Crippen molar-refractivity contribution in [2.75, 3.05) is 5.32 Å². The second-order valence-corrected chi connectivity index (χ2v) is 6.88. The van der Waals surface area contributed by atoms with Crippen molar-refractivity contribution in [3.05, 3.63) is 70.1 Å². The van der Waals surface area contributed by atoms with E-state index in [1.165, 1.54) is 28.9 Å². The number of aryl methyl sites for hydroxylation is 2. The minimum Gasteiger partial charge on any atom is -0.298 e. The number of aromatic nitrogens is 1. The number of nitrogens with zero attached hydrogens (tertiary/aromatic N) is 2. The summed E-state index contributed by atoms with van der Waals surface area (Å²) >= 11 is 1.40. The van der Waals surface area contributed by atoms with Crippen LogP contribution in [0, 0.1) is 11.3 Å². The maximum Gasteiger partial charge on any atom is 0.257 e. The number of hydrogen-bond acceptors (Lipinski definition) is 4. The van der Waals surface area contributed by atoms with Gasteiger partial charge in [0, 0.05) is 16.5 Å². The normalized spacial score (nSPS) is 12.4. The highest BCUT2D eigenvalue weighted by molar-refractivity contribution is 7.14. The molecule has 1 N–H and O–H groups in total. The molecule has 0 saturated heterocycles. The predicted octanol–water partition coefficient (Wildman–Crippen LogP) is 4.42. The van der Waals surface area contributed by atoms with Crippen molar-refractivity contribution >= 4 is 22.4 Å². The maximum absolute atomic E-state index is 12.3. The van der Waals surface area contributed by atoms with E-state index in [0.717, 1.165) is 24.1 Å². The summed E-state index contributed by atoms with van der Waals surface area (Å²) in [6, 6.07) is 15.2. The molecule has 2 aromatic carbocycles. The Kier molecular flexibility index (Phi) is 4.04. The van der Waals surface area contributed by atoms with E-state index in [-0.39, 0.29) is 5.91 Å². The van der Waals surface area contributed by atoms with Crippen LogP contribution in [0.1, 0.15) is 33.5 Å². The van der Waals surface area contributed by atoms with Crippen molar-refractivity contribution < 1.29 is 4.79 Å². The van der Waals surface area contributed by atoms with Gasteiger partial charge in [-0.2, -0.15) is 5.26 Å². The molecule has 1 aliphatic rings. The fraction of sp³-hybridized carbons (Fsp3) is 0.150. The summed E-state index contributed by atoms with van der Waals surface area (Å²) in [5, 5.41) is 14.3. The molecule has 3 aromatic rings. The summed E-state index contributed by atoms with van der Waals surface area (Å²) in [4.78, 5) is 16.9. The molecule has 0 bridgehead atoms. The average molecular weight is 345 g/mol. The van der Waals surface area contributed by atoms with Gasteiger partial charge >= 0.3 is 0 Å². The van der Waals surface area contributed by atoms with Gasteiger partial charge in [-0.1, -0.05) is 18.2 Å². The van der Waals surface area contributed by atoms with Crippen LogP contribution >= 0.6 is 11.3 Å². The van der Waals surface area contributed by atoms with Crippen LogP contribution in [0.5, 0.6) is 0 Å². The Morgan fingerprint density at radius 2 is 2.04 bits per heavy atom. The third-order valence-corrected chi connectivity index (χ3v) is 5.13. The van der Waals surface area contributed by atoms with Gasteiger partial charge in [-0.25, -0.2) is 4.98 Å². The smallest absolute Gasteiger partial charge is 0.257 e.